The summed E-state index contributed by atoms with van der Waals surface area (Å²) in [7, 11) is -3.60. The number of aryl methyl sites for hydroxylation is 4. The highest BCUT2D eigenvalue weighted by Crippen LogP contribution is 2.18. The summed E-state index contributed by atoms with van der Waals surface area (Å²) in [6, 6.07) is 1.95. The Morgan fingerprint density at radius 1 is 1.30 bits per heavy atom. The molecular weight excluding hydrogens is 280 g/mol. The van der Waals surface area contributed by atoms with Gasteiger partial charge in [-0.3, -0.25) is 4.68 Å². The molecule has 2 aromatic heterocycles. The molecule has 1 N–H and O–H groups in total. The maximum Gasteiger partial charge on any atom is 0.246 e. The first kappa shape index (κ1) is 14.7. The highest BCUT2D eigenvalue weighted by atomic mass is 32.2. The van der Waals surface area contributed by atoms with E-state index in [1.54, 1.807) is 18.5 Å². The predicted molar refractivity (Wildman–Crippen MR) is 72.9 cm³/mol. The van der Waals surface area contributed by atoms with E-state index in [1.807, 2.05) is 19.9 Å². The van der Waals surface area contributed by atoms with Crippen molar-refractivity contribution in [1.29, 1.82) is 0 Å². The SMILES string of the molecule is Cc1cc(C)n(CCNS(=O)(=O)c2c(C)noc2C)n1. The van der Waals surface area contributed by atoms with Crippen LogP contribution in [0.3, 0.4) is 0 Å². The van der Waals surface area contributed by atoms with Crippen LogP contribution in [0.2, 0.25) is 0 Å². The lowest BCUT2D eigenvalue weighted by Crippen LogP contribution is -2.28. The van der Waals surface area contributed by atoms with Crippen molar-refractivity contribution >= 4 is 10.0 Å². The highest BCUT2D eigenvalue weighted by Gasteiger charge is 2.23. The first-order valence-corrected chi connectivity index (χ1v) is 7.73. The fourth-order valence-electron chi connectivity index (χ4n) is 2.12. The van der Waals surface area contributed by atoms with Gasteiger partial charge < -0.3 is 4.52 Å². The Balaban J connectivity index is 2.05. The molecule has 0 spiro atoms. The molecule has 0 aliphatic carbocycles. The van der Waals surface area contributed by atoms with Crippen LogP contribution in [0.1, 0.15) is 22.8 Å². The van der Waals surface area contributed by atoms with E-state index in [4.69, 9.17) is 4.52 Å². The lowest BCUT2D eigenvalue weighted by atomic mass is 10.4. The molecule has 0 atom stereocenters. The highest BCUT2D eigenvalue weighted by molar-refractivity contribution is 7.89. The van der Waals surface area contributed by atoms with Crippen LogP contribution >= 0.6 is 0 Å². The molecule has 20 heavy (non-hydrogen) atoms. The van der Waals surface area contributed by atoms with Crippen LogP contribution in [-0.2, 0) is 16.6 Å². The molecule has 0 fully saturated rings. The predicted octanol–water partition coefficient (Wildman–Crippen LogP) is 1.08. The summed E-state index contributed by atoms with van der Waals surface area (Å²) < 4.78 is 33.5. The number of aromatic nitrogens is 3. The van der Waals surface area contributed by atoms with Crippen molar-refractivity contribution in [2.75, 3.05) is 6.54 Å². The molecule has 0 aromatic carbocycles. The second kappa shape index (κ2) is 5.37. The van der Waals surface area contributed by atoms with Gasteiger partial charge in [0.1, 0.15) is 10.6 Å². The van der Waals surface area contributed by atoms with Gasteiger partial charge in [-0.25, -0.2) is 13.1 Å². The van der Waals surface area contributed by atoms with Gasteiger partial charge >= 0.3 is 0 Å². The number of hydrogen-bond acceptors (Lipinski definition) is 5. The van der Waals surface area contributed by atoms with E-state index in [1.165, 1.54) is 0 Å². The Morgan fingerprint density at radius 2 is 2.00 bits per heavy atom. The van der Waals surface area contributed by atoms with Gasteiger partial charge in [0.15, 0.2) is 5.76 Å². The zero-order valence-electron chi connectivity index (χ0n) is 12.0. The normalized spacial score (nSPS) is 12.0. The van der Waals surface area contributed by atoms with E-state index in [0.29, 0.717) is 18.0 Å². The van der Waals surface area contributed by atoms with Crippen LogP contribution in [0.5, 0.6) is 0 Å². The second-order valence-electron chi connectivity index (χ2n) is 4.70. The molecule has 7 nitrogen and oxygen atoms in total. The summed E-state index contributed by atoms with van der Waals surface area (Å²) in [5.74, 6) is 0.293. The maximum absolute atomic E-state index is 12.2. The number of rotatable bonds is 5. The monoisotopic (exact) mass is 298 g/mol. The maximum atomic E-state index is 12.2. The zero-order chi connectivity index (χ0) is 14.9. The minimum atomic E-state index is -3.60. The summed E-state index contributed by atoms with van der Waals surface area (Å²) >= 11 is 0. The average molecular weight is 298 g/mol. The van der Waals surface area contributed by atoms with Crippen molar-refractivity contribution in [2.45, 2.75) is 39.1 Å². The fraction of sp³-hybridized carbons (Fsp3) is 0.500. The molecule has 0 aliphatic heterocycles. The Hall–Kier alpha value is -1.67. The van der Waals surface area contributed by atoms with Crippen molar-refractivity contribution < 1.29 is 12.9 Å². The van der Waals surface area contributed by atoms with Crippen molar-refractivity contribution in [3.8, 4) is 0 Å². The minimum Gasteiger partial charge on any atom is -0.360 e. The number of sulfonamides is 1. The standard InChI is InChI=1S/C12H18N4O3S/c1-8-7-9(2)16(14-8)6-5-13-20(17,18)12-10(3)15-19-11(12)4/h7,13H,5-6H2,1-4H3. The van der Waals surface area contributed by atoms with E-state index in [0.717, 1.165) is 11.4 Å². The molecule has 8 heteroatoms. The van der Waals surface area contributed by atoms with Crippen molar-refractivity contribution in [2.24, 2.45) is 0 Å². The van der Waals surface area contributed by atoms with Gasteiger partial charge in [-0.2, -0.15) is 5.10 Å². The van der Waals surface area contributed by atoms with Crippen LogP contribution in [0.25, 0.3) is 0 Å². The van der Waals surface area contributed by atoms with Crippen LogP contribution < -0.4 is 4.72 Å². The van der Waals surface area contributed by atoms with Gasteiger partial charge in [-0.05, 0) is 33.8 Å². The van der Waals surface area contributed by atoms with Crippen LogP contribution in [-0.4, -0.2) is 29.9 Å². The number of hydrogen-bond donors (Lipinski definition) is 1. The molecule has 2 aromatic rings. The summed E-state index contributed by atoms with van der Waals surface area (Å²) in [5, 5.41) is 7.93. The van der Waals surface area contributed by atoms with Gasteiger partial charge in [-0.1, -0.05) is 5.16 Å². The number of nitrogens with zero attached hydrogens (tertiary/aromatic N) is 3. The van der Waals surface area contributed by atoms with Gasteiger partial charge in [0.2, 0.25) is 10.0 Å². The molecule has 0 unspecified atom stereocenters. The molecule has 0 saturated carbocycles. The molecule has 0 saturated heterocycles. The first-order chi connectivity index (χ1) is 9.31. The summed E-state index contributed by atoms with van der Waals surface area (Å²) in [4.78, 5) is 0.117. The van der Waals surface area contributed by atoms with E-state index >= 15 is 0 Å². The Labute approximate surface area is 118 Å². The molecular formula is C12H18N4O3S. The molecule has 0 amide bonds. The third kappa shape index (κ3) is 2.91. The van der Waals surface area contributed by atoms with Crippen LogP contribution in [0.4, 0.5) is 0 Å². The molecule has 2 heterocycles. The third-order valence-corrected chi connectivity index (χ3v) is 4.66. The van der Waals surface area contributed by atoms with Gasteiger partial charge in [0.05, 0.1) is 12.2 Å². The van der Waals surface area contributed by atoms with Crippen LogP contribution in [0, 0.1) is 27.7 Å². The Morgan fingerprint density at radius 3 is 2.50 bits per heavy atom. The first-order valence-electron chi connectivity index (χ1n) is 6.25. The summed E-state index contributed by atoms with van der Waals surface area (Å²) in [6.45, 7) is 7.75. The van der Waals surface area contributed by atoms with Crippen molar-refractivity contribution in [3.63, 3.8) is 0 Å². The van der Waals surface area contributed by atoms with Crippen molar-refractivity contribution in [1.82, 2.24) is 19.7 Å². The quantitative estimate of drug-likeness (QED) is 0.892. The summed E-state index contributed by atoms with van der Waals surface area (Å²) in [6.07, 6.45) is 0. The summed E-state index contributed by atoms with van der Waals surface area (Å²) in [5.41, 5.74) is 2.27. The largest absolute Gasteiger partial charge is 0.360 e. The smallest absolute Gasteiger partial charge is 0.246 e. The number of nitrogens with one attached hydrogen (secondary N) is 1. The van der Waals surface area contributed by atoms with Crippen LogP contribution in [0.15, 0.2) is 15.5 Å². The van der Waals surface area contributed by atoms with Gasteiger partial charge in [0.25, 0.3) is 0 Å². The average Bonchev–Trinajstić information content (AvgIpc) is 2.82. The topological polar surface area (TPSA) is 90.0 Å². The molecule has 2 rings (SSSR count). The fourth-order valence-corrected chi connectivity index (χ4v) is 3.46. The Kier molecular flexibility index (Phi) is 3.96. The van der Waals surface area contributed by atoms with E-state index in [2.05, 4.69) is 15.0 Å². The molecule has 0 radical (unpaired) electrons. The van der Waals surface area contributed by atoms with E-state index in [-0.39, 0.29) is 11.4 Å². The molecule has 0 aliphatic rings. The van der Waals surface area contributed by atoms with Gasteiger partial charge in [-0.15, -0.1) is 0 Å². The van der Waals surface area contributed by atoms with E-state index < -0.39 is 10.0 Å². The lowest BCUT2D eigenvalue weighted by Gasteiger charge is -2.07. The molecule has 110 valence electrons. The Bertz CT molecular complexity index is 696. The van der Waals surface area contributed by atoms with E-state index in [9.17, 15) is 8.42 Å². The van der Waals surface area contributed by atoms with Gasteiger partial charge in [0, 0.05) is 12.2 Å². The minimum absolute atomic E-state index is 0.117. The molecule has 0 bridgehead atoms. The zero-order valence-corrected chi connectivity index (χ0v) is 12.8. The lowest BCUT2D eigenvalue weighted by molar-refractivity contribution is 0.390. The third-order valence-electron chi connectivity index (χ3n) is 2.96. The van der Waals surface area contributed by atoms with Crippen molar-refractivity contribution in [3.05, 3.63) is 28.9 Å². The second-order valence-corrected chi connectivity index (χ2v) is 6.41.